The third-order valence-corrected chi connectivity index (χ3v) is 5.18. The second kappa shape index (κ2) is 11.9. The average molecular weight is 355 g/mol. The molecule has 0 radical (unpaired) electrons. The van der Waals surface area contributed by atoms with Gasteiger partial charge in [0.1, 0.15) is 0 Å². The van der Waals surface area contributed by atoms with E-state index in [1.807, 2.05) is 0 Å². The summed E-state index contributed by atoms with van der Waals surface area (Å²) in [5.74, 6) is 0.800. The molecule has 1 aromatic carbocycles. The fraction of sp³-hybridized carbons (Fsp3) is 0.700. The van der Waals surface area contributed by atoms with Gasteiger partial charge in [0.05, 0.1) is 12.0 Å². The smallest absolute Gasteiger partial charge is 0.0720 e. The molecule has 138 valence electrons. The predicted molar refractivity (Wildman–Crippen MR) is 102 cm³/mol. The van der Waals surface area contributed by atoms with Crippen LogP contribution in [0.1, 0.15) is 102 Å². The Kier molecular flexibility index (Phi) is 10.7. The molecule has 0 aliphatic heterocycles. The SMILES string of the molecule is CCCCCCCCc1cc(C(C)C)c(SOOO)c(C(C)C)c1. The second-order valence-electron chi connectivity index (χ2n) is 7.16. The number of hydrogen-bond acceptors (Lipinski definition) is 4. The summed E-state index contributed by atoms with van der Waals surface area (Å²) in [6.45, 7) is 11.0. The van der Waals surface area contributed by atoms with Crippen LogP contribution in [0.25, 0.3) is 0 Å². The van der Waals surface area contributed by atoms with Crippen LogP contribution in [-0.4, -0.2) is 5.26 Å². The summed E-state index contributed by atoms with van der Waals surface area (Å²) in [4.78, 5) is 1.07. The Morgan fingerprint density at radius 1 is 0.917 bits per heavy atom. The van der Waals surface area contributed by atoms with Gasteiger partial charge in [0, 0.05) is 4.90 Å². The van der Waals surface area contributed by atoms with E-state index in [4.69, 9.17) is 9.59 Å². The van der Waals surface area contributed by atoms with Crippen molar-refractivity contribution in [3.63, 3.8) is 0 Å². The molecule has 1 N–H and O–H groups in total. The van der Waals surface area contributed by atoms with Crippen molar-refractivity contribution >= 4 is 12.0 Å². The molecule has 0 amide bonds. The summed E-state index contributed by atoms with van der Waals surface area (Å²) >= 11 is 1.10. The minimum Gasteiger partial charge on any atom is -0.220 e. The van der Waals surface area contributed by atoms with Crippen molar-refractivity contribution in [1.82, 2.24) is 0 Å². The standard InChI is InChI=1S/C20H34O3S/c1-6-7-8-9-10-11-12-17-13-18(15(2)3)20(24-23-22-21)19(14-17)16(4)5/h13-16,21H,6-12H2,1-5H3. The average Bonchev–Trinajstić information content (AvgIpc) is 2.55. The zero-order valence-corrected chi connectivity index (χ0v) is 16.7. The normalized spacial score (nSPS) is 11.7. The third-order valence-electron chi connectivity index (χ3n) is 4.42. The van der Waals surface area contributed by atoms with E-state index in [2.05, 4.69) is 51.8 Å². The fourth-order valence-electron chi connectivity index (χ4n) is 3.00. The van der Waals surface area contributed by atoms with Crippen molar-refractivity contribution in [1.29, 1.82) is 0 Å². The van der Waals surface area contributed by atoms with Crippen molar-refractivity contribution in [2.75, 3.05) is 0 Å². The minimum absolute atomic E-state index is 0.400. The largest absolute Gasteiger partial charge is 0.220 e. The molecule has 0 bridgehead atoms. The van der Waals surface area contributed by atoms with Gasteiger partial charge in [0.15, 0.2) is 0 Å². The van der Waals surface area contributed by atoms with Gasteiger partial charge in [-0.15, -0.1) is 4.33 Å². The van der Waals surface area contributed by atoms with Crippen molar-refractivity contribution in [2.45, 2.75) is 96.3 Å². The van der Waals surface area contributed by atoms with E-state index < -0.39 is 0 Å². The zero-order chi connectivity index (χ0) is 17.9. The summed E-state index contributed by atoms with van der Waals surface area (Å²) in [6.07, 6.45) is 9.06. The first kappa shape index (κ1) is 21.5. The van der Waals surface area contributed by atoms with E-state index in [9.17, 15) is 0 Å². The molecule has 1 aromatic rings. The molecule has 0 aliphatic rings. The number of hydrogen-bond donors (Lipinski definition) is 1. The number of aryl methyl sites for hydroxylation is 1. The van der Waals surface area contributed by atoms with Crippen LogP contribution < -0.4 is 0 Å². The summed E-state index contributed by atoms with van der Waals surface area (Å²) in [7, 11) is 0. The van der Waals surface area contributed by atoms with Crippen molar-refractivity contribution in [3.05, 3.63) is 28.8 Å². The first-order valence-electron chi connectivity index (χ1n) is 9.32. The maximum Gasteiger partial charge on any atom is 0.0720 e. The Hall–Kier alpha value is -0.550. The highest BCUT2D eigenvalue weighted by molar-refractivity contribution is 7.94. The van der Waals surface area contributed by atoms with Crippen LogP contribution in [0.2, 0.25) is 0 Å². The van der Waals surface area contributed by atoms with Crippen molar-refractivity contribution in [3.8, 4) is 0 Å². The van der Waals surface area contributed by atoms with Crippen LogP contribution in [0.5, 0.6) is 0 Å². The zero-order valence-electron chi connectivity index (χ0n) is 15.9. The molecule has 0 saturated heterocycles. The monoisotopic (exact) mass is 354 g/mol. The first-order valence-corrected chi connectivity index (χ1v) is 10.1. The molecular weight excluding hydrogens is 320 g/mol. The first-order chi connectivity index (χ1) is 11.5. The quantitative estimate of drug-likeness (QED) is 0.185. The van der Waals surface area contributed by atoms with Gasteiger partial charge in [0.25, 0.3) is 0 Å². The number of rotatable bonds is 12. The van der Waals surface area contributed by atoms with E-state index in [1.54, 1.807) is 0 Å². The van der Waals surface area contributed by atoms with Gasteiger partial charge >= 0.3 is 0 Å². The number of unbranched alkanes of at least 4 members (excludes halogenated alkanes) is 5. The van der Waals surface area contributed by atoms with E-state index in [0.717, 1.165) is 23.4 Å². The minimum atomic E-state index is 0.400. The Balaban J connectivity index is 2.85. The van der Waals surface area contributed by atoms with Crippen molar-refractivity contribution < 1.29 is 14.6 Å². The molecule has 0 saturated carbocycles. The van der Waals surface area contributed by atoms with Gasteiger partial charge in [0.2, 0.25) is 0 Å². The molecule has 1 rings (SSSR count). The van der Waals surface area contributed by atoms with Crippen LogP contribution in [0.15, 0.2) is 17.0 Å². The molecule has 4 heteroatoms. The molecule has 3 nitrogen and oxygen atoms in total. The molecule has 0 aliphatic carbocycles. The third kappa shape index (κ3) is 7.14. The van der Waals surface area contributed by atoms with Crippen LogP contribution in [0, 0.1) is 0 Å². The molecular formula is C20H34O3S. The highest BCUT2D eigenvalue weighted by atomic mass is 32.2. The lowest BCUT2D eigenvalue weighted by molar-refractivity contribution is -0.432. The maximum atomic E-state index is 8.50. The predicted octanol–water partition coefficient (Wildman–Crippen LogP) is 7.26. The summed E-state index contributed by atoms with van der Waals surface area (Å²) in [5, 5.41) is 12.3. The van der Waals surface area contributed by atoms with Gasteiger partial charge in [-0.05, 0) is 41.4 Å². The highest BCUT2D eigenvalue weighted by Crippen LogP contribution is 2.37. The lowest BCUT2D eigenvalue weighted by atomic mass is 9.91. The highest BCUT2D eigenvalue weighted by Gasteiger charge is 2.17. The Labute approximate surface area is 152 Å². The maximum absolute atomic E-state index is 8.50. The van der Waals surface area contributed by atoms with Crippen LogP contribution in [0.3, 0.4) is 0 Å². The van der Waals surface area contributed by atoms with E-state index >= 15 is 0 Å². The summed E-state index contributed by atoms with van der Waals surface area (Å²) < 4.78 is 4.75. The van der Waals surface area contributed by atoms with Crippen LogP contribution >= 0.6 is 12.0 Å². The molecule has 0 heterocycles. The number of benzene rings is 1. The van der Waals surface area contributed by atoms with Crippen LogP contribution in [0.4, 0.5) is 0 Å². The van der Waals surface area contributed by atoms with Gasteiger partial charge in [-0.2, -0.15) is 0 Å². The van der Waals surface area contributed by atoms with E-state index in [1.165, 1.54) is 55.2 Å². The summed E-state index contributed by atoms with van der Waals surface area (Å²) in [6, 6.07) is 4.59. The Morgan fingerprint density at radius 2 is 1.46 bits per heavy atom. The van der Waals surface area contributed by atoms with Crippen LogP contribution in [-0.2, 0) is 15.8 Å². The molecule has 24 heavy (non-hydrogen) atoms. The van der Waals surface area contributed by atoms with Gasteiger partial charge < -0.3 is 0 Å². The van der Waals surface area contributed by atoms with Gasteiger partial charge in [-0.25, -0.2) is 5.26 Å². The molecule has 0 unspecified atom stereocenters. The van der Waals surface area contributed by atoms with Gasteiger partial charge in [-0.3, -0.25) is 0 Å². The molecule has 0 atom stereocenters. The van der Waals surface area contributed by atoms with E-state index in [0.29, 0.717) is 11.8 Å². The van der Waals surface area contributed by atoms with Gasteiger partial charge in [-0.1, -0.05) is 83.9 Å². The van der Waals surface area contributed by atoms with Crippen molar-refractivity contribution in [2.24, 2.45) is 0 Å². The topological polar surface area (TPSA) is 38.7 Å². The molecule has 0 fully saturated rings. The summed E-state index contributed by atoms with van der Waals surface area (Å²) in [5.41, 5.74) is 3.95. The Morgan fingerprint density at radius 3 is 1.96 bits per heavy atom. The lowest BCUT2D eigenvalue weighted by Gasteiger charge is -2.20. The lowest BCUT2D eigenvalue weighted by Crippen LogP contribution is -2.02. The fourth-order valence-corrected chi connectivity index (χ4v) is 3.88. The molecule has 0 aromatic heterocycles. The Bertz CT molecular complexity index is 443. The van der Waals surface area contributed by atoms with E-state index in [-0.39, 0.29) is 0 Å². The second-order valence-corrected chi connectivity index (χ2v) is 7.87. The molecule has 0 spiro atoms.